The molecule has 1 heterocycles. The molecule has 1 rings (SSSR count). The maximum Gasteiger partial charge on any atom is 0.326 e. The second-order valence-corrected chi connectivity index (χ2v) is 4.71. The summed E-state index contributed by atoms with van der Waals surface area (Å²) in [5.41, 5.74) is 0. The molecule has 1 atom stereocenters. The van der Waals surface area contributed by atoms with E-state index in [-0.39, 0.29) is 6.42 Å². The summed E-state index contributed by atoms with van der Waals surface area (Å²) in [7, 11) is 0. The SMILES string of the molecule is C=CCC(NC(=O)c1ccc(Cl)s1)C(=O)O. The van der Waals surface area contributed by atoms with E-state index in [1.165, 1.54) is 6.08 Å². The Morgan fingerprint density at radius 3 is 2.75 bits per heavy atom. The van der Waals surface area contributed by atoms with Crippen molar-refractivity contribution in [2.24, 2.45) is 0 Å². The fourth-order valence-corrected chi connectivity index (χ4v) is 2.00. The molecule has 0 aliphatic rings. The quantitative estimate of drug-likeness (QED) is 0.797. The number of rotatable bonds is 5. The van der Waals surface area contributed by atoms with E-state index in [1.807, 2.05) is 0 Å². The number of carbonyl (C=O) groups excluding carboxylic acids is 1. The zero-order valence-corrected chi connectivity index (χ0v) is 9.85. The van der Waals surface area contributed by atoms with Crippen LogP contribution < -0.4 is 5.32 Å². The Balaban J connectivity index is 2.68. The minimum Gasteiger partial charge on any atom is -0.480 e. The molecule has 1 aromatic heterocycles. The van der Waals surface area contributed by atoms with Gasteiger partial charge in [-0.25, -0.2) is 4.79 Å². The predicted octanol–water partition coefficient (Wildman–Crippen LogP) is 2.16. The summed E-state index contributed by atoms with van der Waals surface area (Å²) >= 11 is 6.77. The zero-order valence-electron chi connectivity index (χ0n) is 8.27. The number of carbonyl (C=O) groups is 2. The number of carboxylic acid groups (broad SMARTS) is 1. The van der Waals surface area contributed by atoms with Crippen LogP contribution in [-0.2, 0) is 4.79 Å². The number of nitrogens with one attached hydrogen (secondary N) is 1. The van der Waals surface area contributed by atoms with Crippen LogP contribution in [0.2, 0.25) is 4.34 Å². The van der Waals surface area contributed by atoms with E-state index in [2.05, 4.69) is 11.9 Å². The summed E-state index contributed by atoms with van der Waals surface area (Å²) in [6, 6.07) is 2.19. The highest BCUT2D eigenvalue weighted by Crippen LogP contribution is 2.21. The first-order valence-electron chi connectivity index (χ1n) is 4.44. The Labute approximate surface area is 102 Å². The van der Waals surface area contributed by atoms with Crippen molar-refractivity contribution in [3.63, 3.8) is 0 Å². The summed E-state index contributed by atoms with van der Waals surface area (Å²) < 4.78 is 0.487. The van der Waals surface area contributed by atoms with E-state index in [0.717, 1.165) is 11.3 Å². The molecule has 4 nitrogen and oxygen atoms in total. The highest BCUT2D eigenvalue weighted by molar-refractivity contribution is 7.18. The van der Waals surface area contributed by atoms with Gasteiger partial charge < -0.3 is 10.4 Å². The zero-order chi connectivity index (χ0) is 12.1. The number of aliphatic carboxylic acids is 1. The molecule has 1 amide bonds. The Kier molecular flexibility index (Phi) is 4.52. The van der Waals surface area contributed by atoms with Crippen molar-refractivity contribution in [3.8, 4) is 0 Å². The lowest BCUT2D eigenvalue weighted by Crippen LogP contribution is -2.40. The number of halogens is 1. The number of carboxylic acids is 1. The van der Waals surface area contributed by atoms with Crippen LogP contribution in [0.15, 0.2) is 24.8 Å². The molecular weight excluding hydrogens is 250 g/mol. The molecular formula is C10H10ClNO3S. The summed E-state index contributed by atoms with van der Waals surface area (Å²) in [4.78, 5) is 22.8. The number of hydrogen-bond donors (Lipinski definition) is 2. The Morgan fingerprint density at radius 2 is 2.31 bits per heavy atom. The van der Waals surface area contributed by atoms with Gasteiger partial charge in [0.25, 0.3) is 5.91 Å². The number of amides is 1. The smallest absolute Gasteiger partial charge is 0.326 e. The predicted molar refractivity (Wildman–Crippen MR) is 63.0 cm³/mol. The van der Waals surface area contributed by atoms with E-state index in [9.17, 15) is 9.59 Å². The number of thiophene rings is 1. The van der Waals surface area contributed by atoms with Gasteiger partial charge in [0.2, 0.25) is 0 Å². The van der Waals surface area contributed by atoms with Crippen molar-refractivity contribution in [2.45, 2.75) is 12.5 Å². The highest BCUT2D eigenvalue weighted by Gasteiger charge is 2.19. The van der Waals surface area contributed by atoms with E-state index in [4.69, 9.17) is 16.7 Å². The van der Waals surface area contributed by atoms with E-state index >= 15 is 0 Å². The van der Waals surface area contributed by atoms with Gasteiger partial charge in [-0.1, -0.05) is 17.7 Å². The third-order valence-electron chi connectivity index (χ3n) is 1.80. The molecule has 0 fully saturated rings. The highest BCUT2D eigenvalue weighted by atomic mass is 35.5. The maximum absolute atomic E-state index is 11.6. The third-order valence-corrected chi connectivity index (χ3v) is 3.03. The van der Waals surface area contributed by atoms with Crippen molar-refractivity contribution < 1.29 is 14.7 Å². The molecule has 1 unspecified atom stereocenters. The Hall–Kier alpha value is -1.33. The van der Waals surface area contributed by atoms with E-state index in [1.54, 1.807) is 12.1 Å². The van der Waals surface area contributed by atoms with Gasteiger partial charge in [-0.05, 0) is 18.6 Å². The fraction of sp³-hybridized carbons (Fsp3) is 0.200. The van der Waals surface area contributed by atoms with Crippen molar-refractivity contribution in [3.05, 3.63) is 34.0 Å². The van der Waals surface area contributed by atoms with Gasteiger partial charge >= 0.3 is 5.97 Å². The van der Waals surface area contributed by atoms with Crippen molar-refractivity contribution in [2.75, 3.05) is 0 Å². The summed E-state index contributed by atoms with van der Waals surface area (Å²) in [5.74, 6) is -1.53. The molecule has 0 spiro atoms. The molecule has 0 aliphatic carbocycles. The lowest BCUT2D eigenvalue weighted by Gasteiger charge is -2.11. The van der Waals surface area contributed by atoms with Crippen molar-refractivity contribution >= 4 is 34.8 Å². The summed E-state index contributed by atoms with van der Waals surface area (Å²) in [6.07, 6.45) is 1.63. The minimum absolute atomic E-state index is 0.181. The first kappa shape index (κ1) is 12.7. The second-order valence-electron chi connectivity index (χ2n) is 2.99. The lowest BCUT2D eigenvalue weighted by molar-refractivity contribution is -0.139. The Morgan fingerprint density at radius 1 is 1.62 bits per heavy atom. The molecule has 0 bridgehead atoms. The average Bonchev–Trinajstić information content (AvgIpc) is 2.64. The van der Waals surface area contributed by atoms with Crippen LogP contribution in [0.3, 0.4) is 0 Å². The molecule has 16 heavy (non-hydrogen) atoms. The van der Waals surface area contributed by atoms with Gasteiger partial charge in [-0.3, -0.25) is 4.79 Å². The number of hydrogen-bond acceptors (Lipinski definition) is 3. The standard InChI is InChI=1S/C10H10ClNO3S/c1-2-3-6(10(14)15)12-9(13)7-4-5-8(11)16-7/h2,4-6H,1,3H2,(H,12,13)(H,14,15). The van der Waals surface area contributed by atoms with Crippen LogP contribution in [0.25, 0.3) is 0 Å². The van der Waals surface area contributed by atoms with Gasteiger partial charge in [0.1, 0.15) is 6.04 Å². The summed E-state index contributed by atoms with van der Waals surface area (Å²) in [5, 5.41) is 11.2. The average molecular weight is 260 g/mol. The maximum atomic E-state index is 11.6. The molecule has 0 radical (unpaired) electrons. The summed E-state index contributed by atoms with van der Waals surface area (Å²) in [6.45, 7) is 3.43. The molecule has 1 aromatic rings. The largest absolute Gasteiger partial charge is 0.480 e. The topological polar surface area (TPSA) is 66.4 Å². The molecule has 0 aliphatic heterocycles. The molecule has 0 saturated heterocycles. The second kappa shape index (κ2) is 5.67. The molecule has 6 heteroatoms. The van der Waals surface area contributed by atoms with Crippen LogP contribution >= 0.6 is 22.9 Å². The van der Waals surface area contributed by atoms with Crippen LogP contribution in [0.5, 0.6) is 0 Å². The van der Waals surface area contributed by atoms with Gasteiger partial charge in [-0.2, -0.15) is 0 Å². The first-order chi connectivity index (χ1) is 7.54. The molecule has 2 N–H and O–H groups in total. The molecule has 0 saturated carbocycles. The fourth-order valence-electron chi connectivity index (χ4n) is 1.05. The van der Waals surface area contributed by atoms with E-state index in [0.29, 0.717) is 9.21 Å². The van der Waals surface area contributed by atoms with Crippen molar-refractivity contribution in [1.29, 1.82) is 0 Å². The minimum atomic E-state index is -1.09. The first-order valence-corrected chi connectivity index (χ1v) is 5.64. The van der Waals surface area contributed by atoms with Gasteiger partial charge in [0.05, 0.1) is 9.21 Å². The van der Waals surface area contributed by atoms with Crippen LogP contribution in [0, 0.1) is 0 Å². The van der Waals surface area contributed by atoms with Gasteiger partial charge in [0, 0.05) is 0 Å². The molecule has 0 aromatic carbocycles. The van der Waals surface area contributed by atoms with Crippen LogP contribution in [0.1, 0.15) is 16.1 Å². The Bertz CT molecular complexity index is 416. The normalized spacial score (nSPS) is 11.8. The van der Waals surface area contributed by atoms with Gasteiger partial charge in [-0.15, -0.1) is 17.9 Å². The van der Waals surface area contributed by atoms with Crippen molar-refractivity contribution in [1.82, 2.24) is 5.32 Å². The monoisotopic (exact) mass is 259 g/mol. The lowest BCUT2D eigenvalue weighted by atomic mass is 10.2. The van der Waals surface area contributed by atoms with Crippen LogP contribution in [0.4, 0.5) is 0 Å². The molecule has 86 valence electrons. The van der Waals surface area contributed by atoms with E-state index < -0.39 is 17.9 Å². The van der Waals surface area contributed by atoms with Crippen LogP contribution in [-0.4, -0.2) is 23.0 Å². The third kappa shape index (κ3) is 3.36. The van der Waals surface area contributed by atoms with Gasteiger partial charge in [0.15, 0.2) is 0 Å².